The van der Waals surface area contributed by atoms with E-state index in [9.17, 15) is 10.4 Å². The van der Waals surface area contributed by atoms with Crippen LogP contribution in [0.1, 0.15) is 24.8 Å². The zero-order valence-corrected chi connectivity index (χ0v) is 10.6. The van der Waals surface area contributed by atoms with Gasteiger partial charge < -0.3 is 10.4 Å². The Kier molecular flexibility index (Phi) is 2.84. The van der Waals surface area contributed by atoms with Gasteiger partial charge in [-0.2, -0.15) is 5.26 Å². The molecule has 1 saturated carbocycles. The third kappa shape index (κ3) is 1.92. The van der Waals surface area contributed by atoms with E-state index in [4.69, 9.17) is 0 Å². The number of fused-ring (bicyclic) bond motifs is 1. The molecule has 0 amide bonds. The predicted octanol–water partition coefficient (Wildman–Crippen LogP) is 2.43. The van der Waals surface area contributed by atoms with Crippen LogP contribution >= 0.6 is 0 Å². The Morgan fingerprint density at radius 2 is 2.16 bits per heavy atom. The lowest BCUT2D eigenvalue weighted by Gasteiger charge is -2.42. The van der Waals surface area contributed by atoms with Crippen LogP contribution in [0.4, 0.5) is 5.69 Å². The van der Waals surface area contributed by atoms with Crippen molar-refractivity contribution in [2.75, 3.05) is 11.9 Å². The van der Waals surface area contributed by atoms with E-state index in [1.165, 1.54) is 0 Å². The van der Waals surface area contributed by atoms with Crippen LogP contribution in [0.25, 0.3) is 10.9 Å². The molecule has 4 heteroatoms. The van der Waals surface area contributed by atoms with E-state index < -0.39 is 0 Å². The summed E-state index contributed by atoms with van der Waals surface area (Å²) in [7, 11) is 0. The molecule has 2 aromatic rings. The van der Waals surface area contributed by atoms with Gasteiger partial charge in [0.25, 0.3) is 0 Å². The maximum atomic E-state index is 9.57. The minimum Gasteiger partial charge on any atom is -0.394 e. The lowest BCUT2D eigenvalue weighted by atomic mass is 9.77. The molecule has 1 heterocycles. The van der Waals surface area contributed by atoms with Gasteiger partial charge in [-0.05, 0) is 25.3 Å². The van der Waals surface area contributed by atoms with E-state index in [-0.39, 0.29) is 12.1 Å². The zero-order valence-electron chi connectivity index (χ0n) is 10.6. The van der Waals surface area contributed by atoms with Crippen molar-refractivity contribution >= 4 is 16.6 Å². The fourth-order valence-corrected chi connectivity index (χ4v) is 2.55. The summed E-state index contributed by atoms with van der Waals surface area (Å²) in [6, 6.07) is 9.91. The first kappa shape index (κ1) is 11.9. The molecule has 1 aliphatic carbocycles. The summed E-state index contributed by atoms with van der Waals surface area (Å²) in [6.07, 6.45) is 4.57. The van der Waals surface area contributed by atoms with Crippen LogP contribution < -0.4 is 5.32 Å². The van der Waals surface area contributed by atoms with Crippen molar-refractivity contribution in [1.82, 2.24) is 4.98 Å². The van der Waals surface area contributed by atoms with Crippen molar-refractivity contribution < 1.29 is 5.11 Å². The highest BCUT2D eigenvalue weighted by molar-refractivity contribution is 5.94. The molecule has 19 heavy (non-hydrogen) atoms. The number of nitrogens with zero attached hydrogens (tertiary/aromatic N) is 2. The summed E-state index contributed by atoms with van der Waals surface area (Å²) < 4.78 is 0. The SMILES string of the molecule is N#Cc1cnc2ccccc2c1NC1(CO)CCC1. The van der Waals surface area contributed by atoms with Crippen LogP contribution in [0.15, 0.2) is 30.5 Å². The summed E-state index contributed by atoms with van der Waals surface area (Å²) in [5.74, 6) is 0. The smallest absolute Gasteiger partial charge is 0.103 e. The number of hydrogen-bond acceptors (Lipinski definition) is 4. The third-order valence-corrected chi connectivity index (χ3v) is 3.90. The second-order valence-corrected chi connectivity index (χ2v) is 5.09. The van der Waals surface area contributed by atoms with Gasteiger partial charge in [0.05, 0.1) is 28.9 Å². The van der Waals surface area contributed by atoms with Gasteiger partial charge in [0, 0.05) is 11.6 Å². The van der Waals surface area contributed by atoms with Gasteiger partial charge in [-0.25, -0.2) is 0 Å². The average Bonchev–Trinajstić information content (AvgIpc) is 2.42. The van der Waals surface area contributed by atoms with Crippen molar-refractivity contribution in [2.45, 2.75) is 24.8 Å². The van der Waals surface area contributed by atoms with Crippen LogP contribution in [-0.4, -0.2) is 22.2 Å². The number of aromatic nitrogens is 1. The third-order valence-electron chi connectivity index (χ3n) is 3.90. The van der Waals surface area contributed by atoms with Crippen molar-refractivity contribution in [1.29, 1.82) is 5.26 Å². The highest BCUT2D eigenvalue weighted by atomic mass is 16.3. The highest BCUT2D eigenvalue weighted by Crippen LogP contribution is 2.37. The van der Waals surface area contributed by atoms with E-state index in [0.717, 1.165) is 35.9 Å². The Morgan fingerprint density at radius 1 is 1.37 bits per heavy atom. The maximum absolute atomic E-state index is 9.57. The Morgan fingerprint density at radius 3 is 2.79 bits per heavy atom. The number of aliphatic hydroxyl groups excluding tert-OH is 1. The second kappa shape index (κ2) is 4.52. The molecule has 4 nitrogen and oxygen atoms in total. The zero-order chi connectivity index (χ0) is 13.3. The molecule has 0 aliphatic heterocycles. The van der Waals surface area contributed by atoms with E-state index in [1.807, 2.05) is 24.3 Å². The van der Waals surface area contributed by atoms with Gasteiger partial charge in [0.2, 0.25) is 0 Å². The summed E-state index contributed by atoms with van der Waals surface area (Å²) in [6.45, 7) is 0.0918. The number of nitrogens with one attached hydrogen (secondary N) is 1. The van der Waals surface area contributed by atoms with Crippen molar-refractivity contribution in [2.24, 2.45) is 0 Å². The fourth-order valence-electron chi connectivity index (χ4n) is 2.55. The molecule has 0 unspecified atom stereocenters. The normalized spacial score (nSPS) is 16.6. The monoisotopic (exact) mass is 253 g/mol. The van der Waals surface area contributed by atoms with Crippen LogP contribution in [-0.2, 0) is 0 Å². The molecule has 1 fully saturated rings. The molecule has 3 rings (SSSR count). The minimum absolute atomic E-state index is 0.0918. The number of pyridine rings is 1. The Bertz CT molecular complexity index is 650. The minimum atomic E-state index is -0.268. The second-order valence-electron chi connectivity index (χ2n) is 5.09. The first-order valence-electron chi connectivity index (χ1n) is 6.45. The maximum Gasteiger partial charge on any atom is 0.103 e. The van der Waals surface area contributed by atoms with Gasteiger partial charge in [-0.1, -0.05) is 18.2 Å². The average molecular weight is 253 g/mol. The quantitative estimate of drug-likeness (QED) is 0.881. The lowest BCUT2D eigenvalue weighted by molar-refractivity contribution is 0.144. The molecular weight excluding hydrogens is 238 g/mol. The fraction of sp³-hybridized carbons (Fsp3) is 0.333. The van der Waals surface area contributed by atoms with Crippen LogP contribution in [0.5, 0.6) is 0 Å². The Labute approximate surface area is 111 Å². The van der Waals surface area contributed by atoms with Crippen LogP contribution in [0, 0.1) is 11.3 Å². The molecule has 0 atom stereocenters. The summed E-state index contributed by atoms with van der Waals surface area (Å²) in [5.41, 5.74) is 1.91. The van der Waals surface area contributed by atoms with Crippen LogP contribution in [0.2, 0.25) is 0 Å². The van der Waals surface area contributed by atoms with Crippen LogP contribution in [0.3, 0.4) is 0 Å². The van der Waals surface area contributed by atoms with E-state index >= 15 is 0 Å². The van der Waals surface area contributed by atoms with E-state index in [0.29, 0.717) is 5.56 Å². The number of rotatable bonds is 3. The molecule has 2 N–H and O–H groups in total. The summed E-state index contributed by atoms with van der Waals surface area (Å²) in [5, 5.41) is 23.1. The molecule has 0 saturated heterocycles. The van der Waals surface area contributed by atoms with Gasteiger partial charge in [0.1, 0.15) is 6.07 Å². The predicted molar refractivity (Wildman–Crippen MR) is 73.7 cm³/mol. The molecule has 0 radical (unpaired) electrons. The molecular formula is C15H15N3O. The molecule has 0 bridgehead atoms. The molecule has 0 spiro atoms. The van der Waals surface area contributed by atoms with Crippen molar-refractivity contribution in [3.05, 3.63) is 36.0 Å². The number of nitriles is 1. The summed E-state index contributed by atoms with van der Waals surface area (Å²) >= 11 is 0. The number of anilines is 1. The lowest BCUT2D eigenvalue weighted by Crippen LogP contribution is -2.48. The first-order valence-corrected chi connectivity index (χ1v) is 6.45. The largest absolute Gasteiger partial charge is 0.394 e. The Balaban J connectivity index is 2.12. The van der Waals surface area contributed by atoms with Gasteiger partial charge in [-0.3, -0.25) is 4.98 Å². The molecule has 1 aromatic carbocycles. The Hall–Kier alpha value is -2.12. The number of hydrogen-bond donors (Lipinski definition) is 2. The van der Waals surface area contributed by atoms with Crippen molar-refractivity contribution in [3.8, 4) is 6.07 Å². The molecule has 96 valence electrons. The topological polar surface area (TPSA) is 68.9 Å². The summed E-state index contributed by atoms with van der Waals surface area (Å²) in [4.78, 5) is 4.29. The first-order chi connectivity index (χ1) is 9.28. The number of aliphatic hydroxyl groups is 1. The number of para-hydroxylation sites is 1. The van der Waals surface area contributed by atoms with E-state index in [1.54, 1.807) is 6.20 Å². The molecule has 1 aliphatic rings. The number of benzene rings is 1. The van der Waals surface area contributed by atoms with Gasteiger partial charge in [-0.15, -0.1) is 0 Å². The van der Waals surface area contributed by atoms with E-state index in [2.05, 4.69) is 16.4 Å². The standard InChI is InChI=1S/C15H15N3O/c16-8-11-9-17-13-5-2-1-4-12(13)14(11)18-15(10-19)6-3-7-15/h1-2,4-5,9,19H,3,6-7,10H2,(H,17,18). The highest BCUT2D eigenvalue weighted by Gasteiger charge is 2.37. The van der Waals surface area contributed by atoms with Gasteiger partial charge in [0.15, 0.2) is 0 Å². The molecule has 1 aromatic heterocycles. The van der Waals surface area contributed by atoms with Gasteiger partial charge >= 0.3 is 0 Å². The van der Waals surface area contributed by atoms with Crippen molar-refractivity contribution in [3.63, 3.8) is 0 Å².